The van der Waals surface area contributed by atoms with Crippen LogP contribution in [0.5, 0.6) is 23.0 Å². The van der Waals surface area contributed by atoms with Gasteiger partial charge in [0.1, 0.15) is 37.6 Å². The Balaban J connectivity index is 1.42. The van der Waals surface area contributed by atoms with Gasteiger partial charge in [0.25, 0.3) is 0 Å². The number of hydrogen-bond donors (Lipinski definition) is 2. The Bertz CT molecular complexity index is 1450. The number of benzene rings is 4. The second kappa shape index (κ2) is 19.3. The first kappa shape index (κ1) is 40.9. The fourth-order valence-electron chi connectivity index (χ4n) is 6.90. The molecular weight excluding hydrogens is 642 g/mol. The number of nitrogens with two attached hydrogens (primary N) is 2. The van der Waals surface area contributed by atoms with Crippen LogP contribution in [0.4, 0.5) is 0 Å². The van der Waals surface area contributed by atoms with Crippen LogP contribution >= 0.6 is 0 Å². The summed E-state index contributed by atoms with van der Waals surface area (Å²) in [5.41, 5.74) is 17.7. The number of hydrogen-bond acceptors (Lipinski definition) is 6. The maximum Gasteiger partial charge on any atom is 0.123 e. The monoisotopic (exact) mass is 704 g/mol. The number of rotatable bonds is 21. The van der Waals surface area contributed by atoms with E-state index in [0.717, 1.165) is 97.9 Å². The van der Waals surface area contributed by atoms with Gasteiger partial charge in [-0.1, -0.05) is 86.7 Å². The van der Waals surface area contributed by atoms with Gasteiger partial charge in [-0.05, 0) is 126 Å². The van der Waals surface area contributed by atoms with E-state index in [2.05, 4.69) is 48.5 Å². The lowest BCUT2D eigenvalue weighted by molar-refractivity contribution is 0.241. The third-order valence-electron chi connectivity index (χ3n) is 9.28. The van der Waals surface area contributed by atoms with Gasteiger partial charge in [-0.3, -0.25) is 0 Å². The van der Waals surface area contributed by atoms with Crippen molar-refractivity contribution in [2.45, 2.75) is 129 Å². The lowest BCUT2D eigenvalue weighted by Crippen LogP contribution is -2.39. The van der Waals surface area contributed by atoms with Crippen molar-refractivity contribution in [3.63, 3.8) is 0 Å². The summed E-state index contributed by atoms with van der Waals surface area (Å²) in [7, 11) is 2.01. The molecule has 0 aliphatic rings. The number of unbranched alkanes of at least 4 members (excludes halogenated alkanes) is 1. The third-order valence-corrected chi connectivity index (χ3v) is 9.28. The van der Waals surface area contributed by atoms with E-state index in [1.54, 1.807) is 0 Å². The van der Waals surface area contributed by atoms with E-state index >= 15 is 0 Å². The molecule has 4 rings (SSSR count). The Morgan fingerprint density at radius 1 is 0.442 bits per heavy atom. The van der Waals surface area contributed by atoms with Crippen molar-refractivity contribution in [1.82, 2.24) is 0 Å². The van der Waals surface area contributed by atoms with Crippen molar-refractivity contribution in [2.75, 3.05) is 0 Å². The van der Waals surface area contributed by atoms with Gasteiger partial charge in [0.05, 0.1) is 35.5 Å². The summed E-state index contributed by atoms with van der Waals surface area (Å²) in [4.78, 5) is 0. The molecule has 0 radical (unpaired) electrons. The van der Waals surface area contributed by atoms with Crippen LogP contribution in [0.3, 0.4) is 0 Å². The van der Waals surface area contributed by atoms with Gasteiger partial charge in [0.2, 0.25) is 0 Å². The summed E-state index contributed by atoms with van der Waals surface area (Å²) in [6, 6.07) is 33.1. The summed E-state index contributed by atoms with van der Waals surface area (Å²) in [6.07, 6.45) is 6.44. The van der Waals surface area contributed by atoms with Crippen molar-refractivity contribution in [1.29, 1.82) is 0 Å². The largest absolute Gasteiger partial charge is 0.491 e. The minimum absolute atomic E-state index is 0.0859. The second-order valence-electron chi connectivity index (χ2n) is 15.3. The molecular formula is C44H62B2N2O4. The standard InChI is InChI=1S/C44H62B2N2O4/c1-31(2)49-39-19-11-15-35(25-39)43(47,36-16-12-20-40(26-36)50-32(3)4)29-45-23-9-10-24-46-30-44(48,37-17-13-21-41(27-37)51-33(5)6)38-18-14-22-42(28-38)52-34(7)8/h11-22,25-28,31-34,45-46H,9-10,23-24,29-30,47-48H2,1-8H3. The van der Waals surface area contributed by atoms with E-state index in [-0.39, 0.29) is 24.4 Å². The molecule has 0 saturated carbocycles. The van der Waals surface area contributed by atoms with Crippen LogP contribution in [0.25, 0.3) is 0 Å². The summed E-state index contributed by atoms with van der Waals surface area (Å²) >= 11 is 0. The highest BCUT2D eigenvalue weighted by Gasteiger charge is 2.32. The zero-order valence-corrected chi connectivity index (χ0v) is 33.0. The molecule has 52 heavy (non-hydrogen) atoms. The molecule has 0 spiro atoms. The van der Waals surface area contributed by atoms with Gasteiger partial charge in [0.15, 0.2) is 0 Å². The maximum absolute atomic E-state index is 7.39. The molecule has 8 heteroatoms. The van der Waals surface area contributed by atoms with Crippen LogP contribution < -0.4 is 30.4 Å². The van der Waals surface area contributed by atoms with Gasteiger partial charge in [-0.2, -0.15) is 0 Å². The Kier molecular flexibility index (Phi) is 15.2. The first-order valence-electron chi connectivity index (χ1n) is 19.4. The molecule has 0 amide bonds. The van der Waals surface area contributed by atoms with Crippen molar-refractivity contribution in [2.24, 2.45) is 11.5 Å². The van der Waals surface area contributed by atoms with Crippen LogP contribution in [0.1, 0.15) is 90.5 Å². The quantitative estimate of drug-likeness (QED) is 0.0664. The number of ether oxygens (including phenoxy) is 4. The van der Waals surface area contributed by atoms with Crippen molar-refractivity contribution in [3.8, 4) is 23.0 Å². The lowest BCUT2D eigenvalue weighted by Gasteiger charge is -2.32. The van der Waals surface area contributed by atoms with Gasteiger partial charge in [-0.15, -0.1) is 0 Å². The van der Waals surface area contributed by atoms with Gasteiger partial charge < -0.3 is 30.4 Å². The fourth-order valence-corrected chi connectivity index (χ4v) is 6.90. The Morgan fingerprint density at radius 3 is 0.923 bits per heavy atom. The van der Waals surface area contributed by atoms with E-state index in [1.165, 1.54) is 0 Å². The first-order valence-corrected chi connectivity index (χ1v) is 19.4. The summed E-state index contributed by atoms with van der Waals surface area (Å²) in [6.45, 7) is 16.4. The summed E-state index contributed by atoms with van der Waals surface area (Å²) < 4.78 is 24.3. The Morgan fingerprint density at radius 2 is 0.692 bits per heavy atom. The topological polar surface area (TPSA) is 89.0 Å². The molecule has 0 atom stereocenters. The molecule has 278 valence electrons. The predicted octanol–water partition coefficient (Wildman–Crippen LogP) is 9.27. The molecule has 0 unspecified atom stereocenters. The summed E-state index contributed by atoms with van der Waals surface area (Å²) in [5.74, 6) is 3.36. The van der Waals surface area contributed by atoms with E-state index in [1.807, 2.05) is 104 Å². The smallest absolute Gasteiger partial charge is 0.123 e. The van der Waals surface area contributed by atoms with Crippen LogP contribution in [0.2, 0.25) is 25.3 Å². The lowest BCUT2D eigenvalue weighted by atomic mass is 9.58. The highest BCUT2D eigenvalue weighted by atomic mass is 16.5. The molecule has 0 fully saturated rings. The molecule has 4 aromatic rings. The highest BCUT2D eigenvalue weighted by Crippen LogP contribution is 2.37. The molecule has 0 heterocycles. The molecule has 0 aliphatic heterocycles. The van der Waals surface area contributed by atoms with Gasteiger partial charge in [0, 0.05) is 0 Å². The fraction of sp³-hybridized carbons (Fsp3) is 0.455. The Labute approximate surface area is 315 Å². The Hall–Kier alpha value is -3.87. The molecule has 6 nitrogen and oxygen atoms in total. The average molecular weight is 705 g/mol. The van der Waals surface area contributed by atoms with E-state index in [4.69, 9.17) is 30.4 Å². The zero-order valence-electron chi connectivity index (χ0n) is 33.0. The van der Waals surface area contributed by atoms with Crippen LogP contribution in [0, 0.1) is 0 Å². The average Bonchev–Trinajstić information content (AvgIpc) is 3.08. The minimum Gasteiger partial charge on any atom is -0.491 e. The first-order chi connectivity index (χ1) is 24.8. The third kappa shape index (κ3) is 11.8. The van der Waals surface area contributed by atoms with E-state index in [9.17, 15) is 0 Å². The second-order valence-corrected chi connectivity index (χ2v) is 15.3. The van der Waals surface area contributed by atoms with Gasteiger partial charge in [-0.25, -0.2) is 0 Å². The summed E-state index contributed by atoms with van der Waals surface area (Å²) in [5, 5.41) is 0. The zero-order chi connectivity index (χ0) is 37.7. The molecule has 0 aromatic heterocycles. The van der Waals surface area contributed by atoms with Crippen molar-refractivity contribution >= 4 is 14.6 Å². The van der Waals surface area contributed by atoms with Crippen LogP contribution in [-0.4, -0.2) is 39.0 Å². The van der Waals surface area contributed by atoms with Crippen LogP contribution in [0.15, 0.2) is 97.1 Å². The van der Waals surface area contributed by atoms with Crippen LogP contribution in [-0.2, 0) is 11.1 Å². The SMILES string of the molecule is CC(C)Oc1cccc(C(N)(CBCCCCBCC(N)(c2cccc(OC(C)C)c2)c2cccc(OC(C)C)c2)c2cccc(OC(C)C)c2)c1. The molecule has 0 saturated heterocycles. The maximum atomic E-state index is 7.39. The van der Waals surface area contributed by atoms with Gasteiger partial charge >= 0.3 is 0 Å². The molecule has 0 bridgehead atoms. The van der Waals surface area contributed by atoms with Crippen molar-refractivity contribution in [3.05, 3.63) is 119 Å². The highest BCUT2D eigenvalue weighted by molar-refractivity contribution is 6.36. The molecule has 0 aliphatic carbocycles. The van der Waals surface area contributed by atoms with E-state index < -0.39 is 11.1 Å². The van der Waals surface area contributed by atoms with Crippen molar-refractivity contribution < 1.29 is 18.9 Å². The minimum atomic E-state index is -0.673. The predicted molar refractivity (Wildman–Crippen MR) is 222 cm³/mol. The molecule has 4 aromatic carbocycles. The molecule has 4 N–H and O–H groups in total. The normalized spacial score (nSPS) is 12.0. The van der Waals surface area contributed by atoms with E-state index in [0.29, 0.717) is 0 Å².